The van der Waals surface area contributed by atoms with Crippen molar-refractivity contribution < 1.29 is 14.8 Å². The normalized spacial score (nSPS) is 9.75. The SMILES string of the molecule is O=C([O-])c1n[nH]c([N+](=O)[O-])c1Br. The molecule has 0 bridgehead atoms. The van der Waals surface area contributed by atoms with Crippen LogP contribution in [0.15, 0.2) is 4.47 Å². The first-order chi connectivity index (χ1) is 5.54. The van der Waals surface area contributed by atoms with E-state index in [1.807, 2.05) is 5.10 Å². The molecule has 0 atom stereocenters. The molecule has 1 aromatic rings. The summed E-state index contributed by atoms with van der Waals surface area (Å²) in [7, 11) is 0. The molecule has 0 saturated carbocycles. The number of hydrogen-bond acceptors (Lipinski definition) is 5. The Morgan fingerprint density at radius 1 is 1.67 bits per heavy atom. The molecule has 0 aromatic carbocycles. The third-order valence-electron chi connectivity index (χ3n) is 1.07. The predicted molar refractivity (Wildman–Crippen MR) is 37.3 cm³/mol. The molecule has 1 heterocycles. The molecular weight excluding hydrogens is 234 g/mol. The molecule has 0 aliphatic carbocycles. The highest BCUT2D eigenvalue weighted by Crippen LogP contribution is 2.24. The van der Waals surface area contributed by atoms with Crippen molar-refractivity contribution in [3.8, 4) is 0 Å². The molecule has 1 N–H and O–H groups in total. The predicted octanol–water partition coefficient (Wildman–Crippen LogP) is -0.556. The highest BCUT2D eigenvalue weighted by molar-refractivity contribution is 9.10. The summed E-state index contributed by atoms with van der Waals surface area (Å²) in [6, 6.07) is 0. The topological polar surface area (TPSA) is 112 Å². The van der Waals surface area contributed by atoms with Crippen molar-refractivity contribution in [1.82, 2.24) is 10.2 Å². The molecule has 0 aliphatic heterocycles. The van der Waals surface area contributed by atoms with Crippen LogP contribution in [0.1, 0.15) is 10.5 Å². The van der Waals surface area contributed by atoms with E-state index >= 15 is 0 Å². The summed E-state index contributed by atoms with van der Waals surface area (Å²) in [5.41, 5.74) is -0.512. The van der Waals surface area contributed by atoms with Crippen molar-refractivity contribution in [2.24, 2.45) is 0 Å². The highest BCUT2D eigenvalue weighted by Gasteiger charge is 2.19. The minimum Gasteiger partial charge on any atom is -0.543 e. The third kappa shape index (κ3) is 1.28. The van der Waals surface area contributed by atoms with Gasteiger partial charge in [-0.25, -0.2) is 0 Å². The second-order valence-corrected chi connectivity index (χ2v) is 2.57. The van der Waals surface area contributed by atoms with Gasteiger partial charge in [-0.2, -0.15) is 0 Å². The van der Waals surface area contributed by atoms with Crippen LogP contribution in [-0.4, -0.2) is 21.1 Å². The summed E-state index contributed by atoms with van der Waals surface area (Å²) in [5.74, 6) is -2.08. The van der Waals surface area contributed by atoms with Gasteiger partial charge in [-0.15, -0.1) is 5.10 Å². The quantitative estimate of drug-likeness (QED) is 0.545. The van der Waals surface area contributed by atoms with Crippen LogP contribution in [0.5, 0.6) is 0 Å². The second-order valence-electron chi connectivity index (χ2n) is 1.78. The summed E-state index contributed by atoms with van der Waals surface area (Å²) in [6.45, 7) is 0. The Morgan fingerprint density at radius 3 is 2.50 bits per heavy atom. The van der Waals surface area contributed by atoms with E-state index in [4.69, 9.17) is 0 Å². The van der Waals surface area contributed by atoms with Crippen LogP contribution in [0, 0.1) is 10.1 Å². The van der Waals surface area contributed by atoms with E-state index < -0.39 is 22.4 Å². The number of nitro groups is 1. The van der Waals surface area contributed by atoms with Crippen LogP contribution in [-0.2, 0) is 0 Å². The van der Waals surface area contributed by atoms with E-state index in [1.54, 1.807) is 0 Å². The molecule has 12 heavy (non-hydrogen) atoms. The van der Waals surface area contributed by atoms with Gasteiger partial charge < -0.3 is 20.0 Å². The zero-order valence-electron chi connectivity index (χ0n) is 5.41. The number of carbonyl (C=O) groups excluding carboxylic acids is 1. The Labute approximate surface area is 73.7 Å². The van der Waals surface area contributed by atoms with Crippen molar-refractivity contribution >= 4 is 27.7 Å². The van der Waals surface area contributed by atoms with Crippen molar-refractivity contribution in [3.05, 3.63) is 20.3 Å². The summed E-state index contributed by atoms with van der Waals surface area (Å²) in [5, 5.41) is 25.5. The Balaban J connectivity index is 3.22. The third-order valence-corrected chi connectivity index (χ3v) is 1.82. The summed E-state index contributed by atoms with van der Waals surface area (Å²) < 4.78 is -0.215. The summed E-state index contributed by atoms with van der Waals surface area (Å²) in [6.07, 6.45) is 0. The molecule has 0 spiro atoms. The monoisotopic (exact) mass is 234 g/mol. The molecule has 0 unspecified atom stereocenters. The number of carboxylic acid groups (broad SMARTS) is 1. The standard InChI is InChI=1S/C4H2BrN3O4/c5-1-2(4(9)10)6-7-3(1)8(11)12/h(H,6,7)(H,9,10)/p-1. The van der Waals surface area contributed by atoms with Crippen molar-refractivity contribution in [2.75, 3.05) is 0 Å². The van der Waals surface area contributed by atoms with Gasteiger partial charge in [0.25, 0.3) is 0 Å². The second kappa shape index (κ2) is 2.89. The number of halogens is 1. The lowest BCUT2D eigenvalue weighted by atomic mass is 10.4. The van der Waals surface area contributed by atoms with Crippen LogP contribution in [0.3, 0.4) is 0 Å². The Hall–Kier alpha value is -1.44. The van der Waals surface area contributed by atoms with Crippen molar-refractivity contribution in [2.45, 2.75) is 0 Å². The van der Waals surface area contributed by atoms with E-state index in [-0.39, 0.29) is 4.47 Å². The summed E-state index contributed by atoms with van der Waals surface area (Å²) >= 11 is 2.70. The van der Waals surface area contributed by atoms with E-state index in [0.29, 0.717) is 0 Å². The number of aromatic nitrogens is 2. The Morgan fingerprint density at radius 2 is 2.25 bits per heavy atom. The average Bonchev–Trinajstić information content (AvgIpc) is 2.30. The maximum Gasteiger partial charge on any atom is 0.357 e. The van der Waals surface area contributed by atoms with Gasteiger partial charge in [0.2, 0.25) is 0 Å². The molecule has 0 aliphatic rings. The average molecular weight is 235 g/mol. The number of nitrogens with zero attached hydrogens (tertiary/aromatic N) is 2. The lowest BCUT2D eigenvalue weighted by Gasteiger charge is -1.93. The fraction of sp³-hybridized carbons (Fsp3) is 0. The van der Waals surface area contributed by atoms with E-state index in [1.165, 1.54) is 0 Å². The van der Waals surface area contributed by atoms with Crippen LogP contribution in [0.25, 0.3) is 0 Å². The maximum absolute atomic E-state index is 10.2. The number of rotatable bonds is 2. The van der Waals surface area contributed by atoms with Gasteiger partial charge in [0.15, 0.2) is 5.69 Å². The highest BCUT2D eigenvalue weighted by atomic mass is 79.9. The van der Waals surface area contributed by atoms with E-state index in [9.17, 15) is 20.0 Å². The van der Waals surface area contributed by atoms with Crippen molar-refractivity contribution in [1.29, 1.82) is 0 Å². The van der Waals surface area contributed by atoms with Gasteiger partial charge in [-0.05, 0) is 20.9 Å². The van der Waals surface area contributed by atoms with E-state index in [2.05, 4.69) is 21.0 Å². The number of H-pyrrole nitrogens is 1. The minimum atomic E-state index is -1.58. The number of aromatic carboxylic acids is 1. The van der Waals surface area contributed by atoms with Crippen LogP contribution in [0.2, 0.25) is 0 Å². The minimum absolute atomic E-state index is 0.215. The molecule has 0 amide bonds. The summed E-state index contributed by atoms with van der Waals surface area (Å²) in [4.78, 5) is 19.6. The molecule has 7 nitrogen and oxygen atoms in total. The molecule has 8 heteroatoms. The molecular formula is C4HBrN3O4-. The Bertz CT molecular complexity index is 315. The first-order valence-corrected chi connectivity index (χ1v) is 3.43. The van der Waals surface area contributed by atoms with Gasteiger partial charge in [0.05, 0.1) is 5.97 Å². The first kappa shape index (κ1) is 8.65. The van der Waals surface area contributed by atoms with Gasteiger partial charge >= 0.3 is 5.82 Å². The molecule has 64 valence electrons. The first-order valence-electron chi connectivity index (χ1n) is 2.63. The zero-order chi connectivity index (χ0) is 9.30. The number of aromatic amines is 1. The van der Waals surface area contributed by atoms with Crippen molar-refractivity contribution in [3.63, 3.8) is 0 Å². The van der Waals surface area contributed by atoms with Gasteiger partial charge in [0.1, 0.15) is 4.47 Å². The number of carbonyl (C=O) groups is 1. The van der Waals surface area contributed by atoms with E-state index in [0.717, 1.165) is 0 Å². The Kier molecular flexibility index (Phi) is 2.09. The largest absolute Gasteiger partial charge is 0.543 e. The van der Waals surface area contributed by atoms with Crippen LogP contribution >= 0.6 is 15.9 Å². The fourth-order valence-corrected chi connectivity index (χ4v) is 1.06. The van der Waals surface area contributed by atoms with Crippen LogP contribution < -0.4 is 5.11 Å². The molecule has 0 fully saturated rings. The van der Waals surface area contributed by atoms with Crippen LogP contribution in [0.4, 0.5) is 5.82 Å². The lowest BCUT2D eigenvalue weighted by molar-refractivity contribution is -0.390. The lowest BCUT2D eigenvalue weighted by Crippen LogP contribution is -2.23. The number of carboxylic acids is 1. The van der Waals surface area contributed by atoms with Gasteiger partial charge in [-0.3, -0.25) is 0 Å². The zero-order valence-corrected chi connectivity index (χ0v) is 6.99. The smallest absolute Gasteiger partial charge is 0.357 e. The molecule has 0 radical (unpaired) electrons. The maximum atomic E-state index is 10.2. The molecule has 0 saturated heterocycles. The number of hydrogen-bond donors (Lipinski definition) is 1. The number of nitrogens with one attached hydrogen (secondary N) is 1. The van der Waals surface area contributed by atoms with Gasteiger partial charge in [-0.1, -0.05) is 5.10 Å². The molecule has 1 rings (SSSR count). The van der Waals surface area contributed by atoms with Gasteiger partial charge in [0, 0.05) is 0 Å². The fourth-order valence-electron chi connectivity index (χ4n) is 0.575. The molecule has 1 aromatic heterocycles.